The molecular formula is C17H16N2O3S. The summed E-state index contributed by atoms with van der Waals surface area (Å²) in [4.78, 5) is 16.9. The molecule has 0 saturated heterocycles. The highest BCUT2D eigenvalue weighted by molar-refractivity contribution is 7.13. The highest BCUT2D eigenvalue weighted by Gasteiger charge is 2.15. The molecule has 3 rings (SSSR count). The van der Waals surface area contributed by atoms with Gasteiger partial charge < -0.3 is 14.9 Å². The molecule has 2 aromatic heterocycles. The first-order valence-electron chi connectivity index (χ1n) is 7.08. The van der Waals surface area contributed by atoms with Crippen molar-refractivity contribution in [3.8, 4) is 16.5 Å². The lowest BCUT2D eigenvalue weighted by atomic mass is 10.1. The van der Waals surface area contributed by atoms with Crippen molar-refractivity contribution in [2.24, 2.45) is 5.73 Å². The zero-order chi connectivity index (χ0) is 16.4. The van der Waals surface area contributed by atoms with Crippen LogP contribution in [-0.4, -0.2) is 10.9 Å². The van der Waals surface area contributed by atoms with Crippen molar-refractivity contribution < 1.29 is 13.9 Å². The largest absolute Gasteiger partial charge is 0.486 e. The van der Waals surface area contributed by atoms with E-state index in [0.29, 0.717) is 28.7 Å². The lowest BCUT2D eigenvalue weighted by Crippen LogP contribution is -2.13. The second-order valence-corrected chi connectivity index (χ2v) is 6.10. The van der Waals surface area contributed by atoms with E-state index < -0.39 is 5.91 Å². The molecule has 6 heteroatoms. The highest BCUT2D eigenvalue weighted by atomic mass is 32.1. The Morgan fingerprint density at radius 1 is 1.35 bits per heavy atom. The van der Waals surface area contributed by atoms with Gasteiger partial charge in [0.05, 0.1) is 10.4 Å². The van der Waals surface area contributed by atoms with Gasteiger partial charge in [-0.2, -0.15) is 0 Å². The molecule has 23 heavy (non-hydrogen) atoms. The zero-order valence-electron chi connectivity index (χ0n) is 12.8. The van der Waals surface area contributed by atoms with Gasteiger partial charge in [0.1, 0.15) is 23.8 Å². The summed E-state index contributed by atoms with van der Waals surface area (Å²) in [5.74, 6) is 1.21. The number of aromatic nitrogens is 1. The first-order valence-corrected chi connectivity index (χ1v) is 7.96. The van der Waals surface area contributed by atoms with Crippen LogP contribution in [0, 0.1) is 13.8 Å². The normalized spacial score (nSPS) is 10.7. The van der Waals surface area contributed by atoms with E-state index in [1.54, 1.807) is 23.5 Å². The molecule has 3 aromatic rings. The predicted molar refractivity (Wildman–Crippen MR) is 88.6 cm³/mol. The minimum atomic E-state index is -0.517. The number of nitrogens with zero attached hydrogens (tertiary/aromatic N) is 1. The molecule has 5 nitrogen and oxygen atoms in total. The van der Waals surface area contributed by atoms with E-state index >= 15 is 0 Å². The SMILES string of the molecule is Cc1ccc(C(N)=O)c(OCc2nc(-c3cccs3)oc2C)c1. The van der Waals surface area contributed by atoms with Crippen molar-refractivity contribution >= 4 is 17.2 Å². The van der Waals surface area contributed by atoms with E-state index in [9.17, 15) is 4.79 Å². The standard InChI is InChI=1S/C17H16N2O3S/c1-10-5-6-12(16(18)20)14(8-10)21-9-13-11(2)22-17(19-13)15-4-3-7-23-15/h3-8H,9H2,1-2H3,(H2,18,20). The van der Waals surface area contributed by atoms with Crippen molar-refractivity contribution in [3.05, 3.63) is 58.3 Å². The quantitative estimate of drug-likeness (QED) is 0.774. The number of oxazole rings is 1. The minimum Gasteiger partial charge on any atom is -0.486 e. The van der Waals surface area contributed by atoms with Gasteiger partial charge in [-0.15, -0.1) is 11.3 Å². The number of ether oxygens (including phenoxy) is 1. The minimum absolute atomic E-state index is 0.213. The number of thiophene rings is 1. The van der Waals surface area contributed by atoms with E-state index in [1.165, 1.54) is 0 Å². The summed E-state index contributed by atoms with van der Waals surface area (Å²) < 4.78 is 11.4. The van der Waals surface area contributed by atoms with Crippen LogP contribution < -0.4 is 10.5 Å². The van der Waals surface area contributed by atoms with Gasteiger partial charge in [0.15, 0.2) is 0 Å². The highest BCUT2D eigenvalue weighted by Crippen LogP contribution is 2.27. The molecule has 0 saturated carbocycles. The van der Waals surface area contributed by atoms with Crippen LogP contribution in [0.1, 0.15) is 27.4 Å². The summed E-state index contributed by atoms with van der Waals surface area (Å²) in [6, 6.07) is 9.17. The third-order valence-corrected chi connectivity index (χ3v) is 4.25. The number of amides is 1. The maximum Gasteiger partial charge on any atom is 0.252 e. The van der Waals surface area contributed by atoms with Gasteiger partial charge in [0.2, 0.25) is 5.89 Å². The number of carbonyl (C=O) groups is 1. The molecule has 118 valence electrons. The molecule has 1 aromatic carbocycles. The van der Waals surface area contributed by atoms with Crippen molar-refractivity contribution in [3.63, 3.8) is 0 Å². The number of rotatable bonds is 5. The molecule has 0 spiro atoms. The first-order chi connectivity index (χ1) is 11.0. The molecular weight excluding hydrogens is 312 g/mol. The number of primary amides is 1. The number of carbonyl (C=O) groups excluding carboxylic acids is 1. The van der Waals surface area contributed by atoms with Crippen LogP contribution >= 0.6 is 11.3 Å². The Kier molecular flexibility index (Phi) is 4.16. The Bertz CT molecular complexity index is 838. The molecule has 1 amide bonds. The number of hydrogen-bond donors (Lipinski definition) is 1. The Morgan fingerprint density at radius 3 is 2.87 bits per heavy atom. The van der Waals surface area contributed by atoms with E-state index in [-0.39, 0.29) is 6.61 Å². The van der Waals surface area contributed by atoms with Gasteiger partial charge in [0.25, 0.3) is 5.91 Å². The fraction of sp³-hybridized carbons (Fsp3) is 0.176. The van der Waals surface area contributed by atoms with Crippen LogP contribution in [0.15, 0.2) is 40.1 Å². The van der Waals surface area contributed by atoms with E-state index in [4.69, 9.17) is 14.9 Å². The summed E-state index contributed by atoms with van der Waals surface area (Å²) in [5.41, 5.74) is 7.42. The Hall–Kier alpha value is -2.60. The molecule has 0 bridgehead atoms. The van der Waals surface area contributed by atoms with E-state index in [1.807, 2.05) is 37.4 Å². The van der Waals surface area contributed by atoms with Gasteiger partial charge in [-0.3, -0.25) is 4.79 Å². The zero-order valence-corrected chi connectivity index (χ0v) is 13.6. The molecule has 0 radical (unpaired) electrons. The molecule has 0 atom stereocenters. The molecule has 0 unspecified atom stereocenters. The van der Waals surface area contributed by atoms with Crippen LogP contribution in [0.2, 0.25) is 0 Å². The molecule has 2 heterocycles. The number of aryl methyl sites for hydroxylation is 2. The van der Waals surface area contributed by atoms with Crippen molar-refractivity contribution in [2.45, 2.75) is 20.5 Å². The Labute approximate surface area is 137 Å². The van der Waals surface area contributed by atoms with Gasteiger partial charge in [-0.05, 0) is 43.0 Å². The van der Waals surface area contributed by atoms with Crippen LogP contribution in [0.3, 0.4) is 0 Å². The lowest BCUT2D eigenvalue weighted by Gasteiger charge is -2.09. The summed E-state index contributed by atoms with van der Waals surface area (Å²) in [6.07, 6.45) is 0. The molecule has 0 aliphatic heterocycles. The second kappa shape index (κ2) is 6.26. The maximum atomic E-state index is 11.5. The smallest absolute Gasteiger partial charge is 0.252 e. The summed E-state index contributed by atoms with van der Waals surface area (Å²) in [7, 11) is 0. The fourth-order valence-electron chi connectivity index (χ4n) is 2.17. The predicted octanol–water partition coefficient (Wildman–Crippen LogP) is 3.70. The molecule has 2 N–H and O–H groups in total. The number of nitrogens with two attached hydrogens (primary N) is 1. The van der Waals surface area contributed by atoms with Gasteiger partial charge in [-0.25, -0.2) is 4.98 Å². The monoisotopic (exact) mass is 328 g/mol. The van der Waals surface area contributed by atoms with Crippen LogP contribution in [0.5, 0.6) is 5.75 Å². The Balaban J connectivity index is 1.82. The topological polar surface area (TPSA) is 78.4 Å². The second-order valence-electron chi connectivity index (χ2n) is 5.15. The third-order valence-electron chi connectivity index (χ3n) is 3.39. The fourth-order valence-corrected chi connectivity index (χ4v) is 2.82. The van der Waals surface area contributed by atoms with Crippen molar-refractivity contribution in [1.29, 1.82) is 0 Å². The molecule has 0 aliphatic carbocycles. The lowest BCUT2D eigenvalue weighted by molar-refractivity contribution is 0.0996. The molecule has 0 fully saturated rings. The Morgan fingerprint density at radius 2 is 2.17 bits per heavy atom. The van der Waals surface area contributed by atoms with Crippen LogP contribution in [0.4, 0.5) is 0 Å². The van der Waals surface area contributed by atoms with Crippen LogP contribution in [0.25, 0.3) is 10.8 Å². The summed E-state index contributed by atoms with van der Waals surface area (Å²) >= 11 is 1.56. The first kappa shape index (κ1) is 15.3. The van der Waals surface area contributed by atoms with Crippen LogP contribution in [-0.2, 0) is 6.61 Å². The number of hydrogen-bond acceptors (Lipinski definition) is 5. The van der Waals surface area contributed by atoms with Gasteiger partial charge in [0, 0.05) is 0 Å². The van der Waals surface area contributed by atoms with E-state index in [2.05, 4.69) is 4.98 Å². The third kappa shape index (κ3) is 3.27. The summed E-state index contributed by atoms with van der Waals surface area (Å²) in [5, 5.41) is 1.97. The molecule has 0 aliphatic rings. The average Bonchev–Trinajstić information content (AvgIpc) is 3.14. The maximum absolute atomic E-state index is 11.5. The van der Waals surface area contributed by atoms with Gasteiger partial charge in [-0.1, -0.05) is 12.1 Å². The van der Waals surface area contributed by atoms with Gasteiger partial charge >= 0.3 is 0 Å². The van der Waals surface area contributed by atoms with E-state index in [0.717, 1.165) is 10.4 Å². The summed E-state index contributed by atoms with van der Waals surface area (Å²) in [6.45, 7) is 3.98. The van der Waals surface area contributed by atoms with Crippen molar-refractivity contribution in [2.75, 3.05) is 0 Å². The average molecular weight is 328 g/mol. The van der Waals surface area contributed by atoms with Crippen molar-refractivity contribution in [1.82, 2.24) is 4.98 Å². The number of benzene rings is 1.